The Balaban J connectivity index is 1.07. The molecule has 2 heterocycles. The van der Waals surface area contributed by atoms with E-state index >= 15 is 0 Å². The predicted molar refractivity (Wildman–Crippen MR) is 320 cm³/mol. The third kappa shape index (κ3) is 7.39. The lowest BCUT2D eigenvalue weighted by molar-refractivity contribution is 1.18. The quantitative estimate of drug-likeness (QED) is 0.0955. The fourth-order valence-corrected chi connectivity index (χ4v) is 16.1. The molecule has 0 fully saturated rings. The largest absolute Gasteiger partial charge is 0.309 e. The van der Waals surface area contributed by atoms with E-state index in [9.17, 15) is 11.0 Å². The number of hydrogen-bond acceptors (Lipinski definition) is 0. The van der Waals surface area contributed by atoms with Crippen LogP contribution in [0.4, 0.5) is 0 Å². The molecule has 0 aliphatic rings. The van der Waals surface area contributed by atoms with Gasteiger partial charge in [0.25, 0.3) is 0 Å². The minimum atomic E-state index is -3.66. The van der Waals surface area contributed by atoms with Crippen LogP contribution in [0.15, 0.2) is 303 Å². The van der Waals surface area contributed by atoms with Gasteiger partial charge in [-0.15, -0.1) is 0 Å². The Morgan fingerprint density at radius 1 is 0.267 bits per heavy atom. The smallest absolute Gasteiger partial charge is 0.179 e. The zero-order valence-corrected chi connectivity index (χ0v) is 41.1. The molecule has 0 spiro atoms. The van der Waals surface area contributed by atoms with Crippen molar-refractivity contribution in [3.8, 4) is 55.9 Å². The highest BCUT2D eigenvalue weighted by Crippen LogP contribution is 2.43. The van der Waals surface area contributed by atoms with Crippen molar-refractivity contribution in [3.05, 3.63) is 303 Å². The zero-order valence-electron chi connectivity index (χ0n) is 55.1. The summed E-state index contributed by atoms with van der Waals surface area (Å²) in [7, 11) is -3.66. The van der Waals surface area contributed by atoms with Crippen LogP contribution in [0.25, 0.3) is 99.5 Å². The molecule has 3 heteroatoms. The minimum absolute atomic E-state index is 0.105. The van der Waals surface area contributed by atoms with Gasteiger partial charge >= 0.3 is 0 Å². The molecule has 0 amide bonds. The van der Waals surface area contributed by atoms with Crippen LogP contribution in [-0.2, 0) is 0 Å². The van der Waals surface area contributed by atoms with Crippen molar-refractivity contribution >= 4 is 72.4 Å². The molecule has 2 nitrogen and oxygen atoms in total. The molecule has 14 rings (SSSR count). The molecule has 14 aromatic rings. The van der Waals surface area contributed by atoms with E-state index in [4.69, 9.17) is 9.60 Å². The molecule has 0 atom stereocenters. The van der Waals surface area contributed by atoms with Crippen molar-refractivity contribution in [3.63, 3.8) is 0 Å². The highest BCUT2D eigenvalue weighted by atomic mass is 28.3. The topological polar surface area (TPSA) is 9.86 Å². The fourth-order valence-electron chi connectivity index (χ4n) is 11.3. The van der Waals surface area contributed by atoms with E-state index < -0.39 is 86.6 Å². The number of nitrogens with zero attached hydrogens (tertiary/aromatic N) is 2. The average molecular weight is 986 g/mol. The first-order valence-electron chi connectivity index (χ1n) is 32.2. The van der Waals surface area contributed by atoms with Gasteiger partial charge in [-0.25, -0.2) is 0 Å². The Morgan fingerprint density at radius 2 is 0.667 bits per heavy atom. The Labute approximate surface area is 459 Å². The van der Waals surface area contributed by atoms with Crippen LogP contribution in [0.5, 0.6) is 0 Å². The van der Waals surface area contributed by atoms with E-state index in [1.165, 1.54) is 0 Å². The molecule has 2 aromatic heterocycles. The second-order valence-corrected chi connectivity index (χ2v) is 22.3. The Kier molecular flexibility index (Phi) is 7.68. The summed E-state index contributed by atoms with van der Waals surface area (Å²) in [6.45, 7) is 0. The first-order chi connectivity index (χ1) is 43.4. The zero-order chi connectivity index (χ0) is 62.8. The van der Waals surface area contributed by atoms with E-state index in [0.29, 0.717) is 21.8 Å². The summed E-state index contributed by atoms with van der Waals surface area (Å²) in [6, 6.07) is 61.7. The van der Waals surface area contributed by atoms with Gasteiger partial charge in [-0.05, 0) is 103 Å². The Bertz CT molecular complexity index is 5050. The van der Waals surface area contributed by atoms with Crippen molar-refractivity contribution in [2.45, 2.75) is 0 Å². The van der Waals surface area contributed by atoms with Crippen molar-refractivity contribution < 1.29 is 20.6 Å². The number of para-hydroxylation sites is 2. The van der Waals surface area contributed by atoms with E-state index in [0.717, 1.165) is 65.0 Å². The van der Waals surface area contributed by atoms with Crippen LogP contribution >= 0.6 is 0 Å². The summed E-state index contributed by atoms with van der Waals surface area (Å²) in [5.74, 6) is 0. The maximum absolute atomic E-state index is 9.80. The van der Waals surface area contributed by atoms with Crippen LogP contribution < -0.4 is 20.7 Å². The van der Waals surface area contributed by atoms with Crippen molar-refractivity contribution in [1.82, 2.24) is 9.13 Å². The summed E-state index contributed by atoms with van der Waals surface area (Å²) >= 11 is 0. The van der Waals surface area contributed by atoms with E-state index in [-0.39, 0.29) is 45.6 Å². The predicted octanol–water partition coefficient (Wildman–Crippen LogP) is 15.9. The third-order valence-corrected chi connectivity index (χ3v) is 19.2. The second-order valence-electron chi connectivity index (χ2n) is 18.5. The summed E-state index contributed by atoms with van der Waals surface area (Å²) < 4.78 is 140. The van der Waals surface area contributed by atoms with Crippen molar-refractivity contribution in [2.75, 3.05) is 0 Å². The minimum Gasteiger partial charge on any atom is -0.309 e. The lowest BCUT2D eigenvalue weighted by Crippen LogP contribution is -2.74. The standard InChI is InChI=1S/C72H50N2Si/c1-7-24-51(25-8-1)54-30-23-31-57(46-54)73-68-40-21-19-38-62(68)66-47-55(42-44-70(66)73)56-43-45-71-67(48-56)63-39-20-22-41-69(63)74(71)72-64(52-26-9-2-10-27-52)49-61(50-65(72)53-28-11-3-12-29-53)75(58-32-13-4-14-33-58,59-34-15-5-16-35-59)60-36-17-6-18-37-60/h1-50H/i1D,2D,3D,7D,8D,9D,10D,11D,12D,24D,25D,26D,27D,28D,29D. The lowest BCUT2D eigenvalue weighted by atomic mass is 9.95. The average Bonchev–Trinajstić information content (AvgIpc) is 1.13. The highest BCUT2D eigenvalue weighted by molar-refractivity contribution is 7.20. The van der Waals surface area contributed by atoms with Gasteiger partial charge < -0.3 is 9.13 Å². The van der Waals surface area contributed by atoms with Gasteiger partial charge in [0, 0.05) is 38.4 Å². The molecule has 0 radical (unpaired) electrons. The molecular weight excluding hydrogens is 921 g/mol. The van der Waals surface area contributed by atoms with Crippen LogP contribution in [0.2, 0.25) is 0 Å². The summed E-state index contributed by atoms with van der Waals surface area (Å²) in [5, 5.41) is 6.86. The van der Waals surface area contributed by atoms with Crippen LogP contribution in [0, 0.1) is 0 Å². The Morgan fingerprint density at radius 3 is 1.16 bits per heavy atom. The van der Waals surface area contributed by atoms with Gasteiger partial charge in [0.05, 0.1) is 48.3 Å². The first-order valence-corrected chi connectivity index (χ1v) is 26.7. The maximum atomic E-state index is 9.80. The number of benzene rings is 12. The molecule has 12 aromatic carbocycles. The van der Waals surface area contributed by atoms with Crippen LogP contribution in [-0.4, -0.2) is 17.2 Å². The molecule has 0 unspecified atom stereocenters. The maximum Gasteiger partial charge on any atom is 0.179 e. The monoisotopic (exact) mass is 985 g/mol. The number of rotatable bonds is 10. The first kappa shape index (κ1) is 31.1. The second kappa shape index (κ2) is 18.5. The third-order valence-electron chi connectivity index (χ3n) is 14.5. The van der Waals surface area contributed by atoms with E-state index in [1.807, 2.05) is 162 Å². The molecule has 0 aliphatic heterocycles. The number of aromatic nitrogens is 2. The number of fused-ring (bicyclic) bond motifs is 6. The van der Waals surface area contributed by atoms with E-state index in [1.54, 1.807) is 6.07 Å². The van der Waals surface area contributed by atoms with Gasteiger partial charge in [0.2, 0.25) is 0 Å². The van der Waals surface area contributed by atoms with Gasteiger partial charge in [0.1, 0.15) is 0 Å². The molecule has 0 saturated carbocycles. The summed E-state index contributed by atoms with van der Waals surface area (Å²) in [6.07, 6.45) is 0. The molecule has 0 saturated heterocycles. The van der Waals surface area contributed by atoms with Gasteiger partial charge in [0.15, 0.2) is 8.07 Å². The van der Waals surface area contributed by atoms with Crippen LogP contribution in [0.3, 0.4) is 0 Å². The number of hydrogen-bond donors (Lipinski definition) is 0. The molecule has 75 heavy (non-hydrogen) atoms. The van der Waals surface area contributed by atoms with Crippen molar-refractivity contribution in [2.24, 2.45) is 0 Å². The van der Waals surface area contributed by atoms with Crippen molar-refractivity contribution in [1.29, 1.82) is 0 Å². The fraction of sp³-hybridized carbons (Fsp3) is 0. The van der Waals surface area contributed by atoms with Gasteiger partial charge in [-0.1, -0.05) is 254 Å². The summed E-state index contributed by atoms with van der Waals surface area (Å²) in [4.78, 5) is 0. The molecule has 352 valence electrons. The van der Waals surface area contributed by atoms with Gasteiger partial charge in [-0.3, -0.25) is 0 Å². The normalized spacial score (nSPS) is 14.5. The summed E-state index contributed by atoms with van der Waals surface area (Å²) in [5.41, 5.74) is 6.30. The molecule has 0 aliphatic carbocycles. The van der Waals surface area contributed by atoms with Crippen LogP contribution in [0.1, 0.15) is 20.6 Å². The Hall–Kier alpha value is -9.54. The van der Waals surface area contributed by atoms with Gasteiger partial charge in [-0.2, -0.15) is 0 Å². The molecule has 0 N–H and O–H groups in total. The molecule has 0 bridgehead atoms. The molecular formula is C72H50N2Si. The van der Waals surface area contributed by atoms with E-state index in [2.05, 4.69) is 53.1 Å². The lowest BCUT2D eigenvalue weighted by Gasteiger charge is -2.36. The highest BCUT2D eigenvalue weighted by Gasteiger charge is 2.42. The SMILES string of the molecule is [2H]c1c([2H])c([2H])c(-c2cccc(-n3c4ccccc4c4cc(-c5ccc6c(c5)c5ccccc5n6-c5c(-c6c([2H])c([2H])c([2H])c([2H])c6[2H])cc([Si](c6ccccc6)(c6ccccc6)c6ccccc6)cc5-c5c([2H])c([2H])c([2H])c([2H])c5[2H])ccc43)c2)c([2H])c1[2H].